The molecule has 0 spiro atoms. The second kappa shape index (κ2) is 11.1. The largest absolute Gasteiger partial charge is 0.379 e. The van der Waals surface area contributed by atoms with Crippen LogP contribution in [-0.4, -0.2) is 42.9 Å². The van der Waals surface area contributed by atoms with Crippen LogP contribution >= 0.6 is 35.0 Å². The van der Waals surface area contributed by atoms with E-state index >= 15 is 0 Å². The Morgan fingerprint density at radius 1 is 1.04 bits per heavy atom. The molecule has 1 aliphatic rings. The Labute approximate surface area is 180 Å². The zero-order valence-electron chi connectivity index (χ0n) is 15.6. The Morgan fingerprint density at radius 2 is 1.82 bits per heavy atom. The summed E-state index contributed by atoms with van der Waals surface area (Å²) in [6.07, 6.45) is 0. The Kier molecular flexibility index (Phi) is 8.49. The summed E-state index contributed by atoms with van der Waals surface area (Å²) in [6.45, 7) is 5.01. The average Bonchev–Trinajstić information content (AvgIpc) is 2.70. The average molecular weight is 439 g/mol. The third-order valence-corrected chi connectivity index (χ3v) is 6.22. The Morgan fingerprint density at radius 3 is 2.61 bits per heavy atom. The number of amides is 1. The van der Waals surface area contributed by atoms with E-state index in [1.54, 1.807) is 17.8 Å². The predicted octanol–water partition coefficient (Wildman–Crippen LogP) is 4.38. The second-order valence-electron chi connectivity index (χ2n) is 6.73. The molecule has 1 fully saturated rings. The van der Waals surface area contributed by atoms with Crippen molar-refractivity contribution in [2.45, 2.75) is 18.8 Å². The Balaban J connectivity index is 1.40. The third-order valence-electron chi connectivity index (χ3n) is 4.48. The molecule has 3 rings (SSSR count). The summed E-state index contributed by atoms with van der Waals surface area (Å²) in [5.74, 6) is 1.16. The van der Waals surface area contributed by atoms with Gasteiger partial charge in [0.25, 0.3) is 0 Å². The van der Waals surface area contributed by atoms with Gasteiger partial charge >= 0.3 is 0 Å². The number of thioether (sulfide) groups is 1. The summed E-state index contributed by atoms with van der Waals surface area (Å²) >= 11 is 13.5. The fourth-order valence-electron chi connectivity index (χ4n) is 3.00. The molecule has 4 nitrogen and oxygen atoms in total. The van der Waals surface area contributed by atoms with Gasteiger partial charge in [0.1, 0.15) is 0 Å². The number of morpholine rings is 1. The van der Waals surface area contributed by atoms with E-state index in [1.165, 1.54) is 5.56 Å². The van der Waals surface area contributed by atoms with Gasteiger partial charge in [0.2, 0.25) is 5.91 Å². The normalized spacial score (nSPS) is 14.8. The Hall–Kier alpha value is -1.24. The fourth-order valence-corrected chi connectivity index (χ4v) is 4.12. The number of halogens is 2. The second-order valence-corrected chi connectivity index (χ2v) is 8.53. The van der Waals surface area contributed by atoms with Crippen molar-refractivity contribution in [2.24, 2.45) is 0 Å². The lowest BCUT2D eigenvalue weighted by Gasteiger charge is -2.26. The van der Waals surface area contributed by atoms with Crippen molar-refractivity contribution in [3.8, 4) is 0 Å². The third kappa shape index (κ3) is 6.98. The molecular formula is C21H24Cl2N2O2S. The quantitative estimate of drug-likeness (QED) is 0.663. The number of carbonyl (C=O) groups excluding carboxylic acids is 1. The molecule has 1 N–H and O–H groups in total. The fraction of sp³-hybridized carbons (Fsp3) is 0.381. The van der Waals surface area contributed by atoms with Gasteiger partial charge in [0, 0.05) is 31.9 Å². The molecular weight excluding hydrogens is 415 g/mol. The molecule has 2 aromatic rings. The van der Waals surface area contributed by atoms with Crippen LogP contribution in [0.3, 0.4) is 0 Å². The highest BCUT2D eigenvalue weighted by Gasteiger charge is 2.11. The van der Waals surface area contributed by atoms with E-state index in [2.05, 4.69) is 28.4 Å². The topological polar surface area (TPSA) is 41.6 Å². The molecule has 0 aromatic heterocycles. The minimum absolute atomic E-state index is 0.0312. The molecule has 1 heterocycles. The van der Waals surface area contributed by atoms with Crippen LogP contribution in [0.15, 0.2) is 42.5 Å². The number of hydrogen-bond acceptors (Lipinski definition) is 4. The maximum atomic E-state index is 12.1. The number of nitrogens with zero attached hydrogens (tertiary/aromatic N) is 1. The van der Waals surface area contributed by atoms with Crippen LogP contribution in [-0.2, 0) is 28.4 Å². The molecule has 0 unspecified atom stereocenters. The number of hydrogen-bond donors (Lipinski definition) is 1. The number of rotatable bonds is 8. The summed E-state index contributed by atoms with van der Waals surface area (Å²) < 4.78 is 5.39. The van der Waals surface area contributed by atoms with Gasteiger partial charge in [-0.05, 0) is 28.8 Å². The standard InChI is InChI=1S/C21H24Cl2N2O2S/c22-19-5-4-18(11-20(19)23)14-28-15-21(26)24-12-16-2-1-3-17(10-16)13-25-6-8-27-9-7-25/h1-5,10-11H,6-9,12-15H2,(H,24,26). The molecule has 1 amide bonds. The van der Waals surface area contributed by atoms with E-state index in [4.69, 9.17) is 27.9 Å². The minimum atomic E-state index is 0.0312. The van der Waals surface area contributed by atoms with Gasteiger partial charge in [-0.2, -0.15) is 0 Å². The van der Waals surface area contributed by atoms with Crippen molar-refractivity contribution in [1.82, 2.24) is 10.2 Å². The van der Waals surface area contributed by atoms with Crippen molar-refractivity contribution in [3.05, 3.63) is 69.2 Å². The molecule has 1 saturated heterocycles. The van der Waals surface area contributed by atoms with Gasteiger partial charge in [-0.1, -0.05) is 53.5 Å². The van der Waals surface area contributed by atoms with Crippen molar-refractivity contribution in [1.29, 1.82) is 0 Å². The lowest BCUT2D eigenvalue weighted by atomic mass is 10.1. The zero-order chi connectivity index (χ0) is 19.8. The lowest BCUT2D eigenvalue weighted by Crippen LogP contribution is -2.35. The SMILES string of the molecule is O=C(CSCc1ccc(Cl)c(Cl)c1)NCc1cccc(CN2CCOCC2)c1. The van der Waals surface area contributed by atoms with Crippen LogP contribution in [0, 0.1) is 0 Å². The monoisotopic (exact) mass is 438 g/mol. The van der Waals surface area contributed by atoms with E-state index in [0.717, 1.165) is 49.7 Å². The molecule has 0 aliphatic carbocycles. The number of carbonyl (C=O) groups is 1. The van der Waals surface area contributed by atoms with Crippen LogP contribution in [0.5, 0.6) is 0 Å². The molecule has 0 atom stereocenters. The van der Waals surface area contributed by atoms with E-state index in [-0.39, 0.29) is 5.91 Å². The minimum Gasteiger partial charge on any atom is -0.379 e. The molecule has 0 bridgehead atoms. The van der Waals surface area contributed by atoms with E-state index in [9.17, 15) is 4.79 Å². The van der Waals surface area contributed by atoms with Crippen molar-refractivity contribution >= 4 is 40.9 Å². The number of benzene rings is 2. The summed E-state index contributed by atoms with van der Waals surface area (Å²) in [5.41, 5.74) is 3.44. The first-order chi connectivity index (χ1) is 13.6. The summed E-state index contributed by atoms with van der Waals surface area (Å²) in [6, 6.07) is 14.0. The Bertz CT molecular complexity index is 798. The maximum Gasteiger partial charge on any atom is 0.230 e. The highest BCUT2D eigenvalue weighted by molar-refractivity contribution is 7.99. The first-order valence-electron chi connectivity index (χ1n) is 9.26. The first kappa shape index (κ1) is 21.5. The highest BCUT2D eigenvalue weighted by atomic mass is 35.5. The van der Waals surface area contributed by atoms with Gasteiger partial charge in [-0.3, -0.25) is 9.69 Å². The summed E-state index contributed by atoms with van der Waals surface area (Å²) in [5, 5.41) is 4.08. The van der Waals surface area contributed by atoms with E-state index in [1.807, 2.05) is 18.2 Å². The molecule has 7 heteroatoms. The van der Waals surface area contributed by atoms with Crippen molar-refractivity contribution in [3.63, 3.8) is 0 Å². The van der Waals surface area contributed by atoms with Crippen LogP contribution in [0.1, 0.15) is 16.7 Å². The molecule has 0 radical (unpaired) electrons. The number of ether oxygens (including phenoxy) is 1. The van der Waals surface area contributed by atoms with Gasteiger partial charge in [0.05, 0.1) is 29.0 Å². The predicted molar refractivity (Wildman–Crippen MR) is 117 cm³/mol. The van der Waals surface area contributed by atoms with E-state index < -0.39 is 0 Å². The van der Waals surface area contributed by atoms with Crippen LogP contribution in [0.25, 0.3) is 0 Å². The van der Waals surface area contributed by atoms with Gasteiger partial charge in [-0.25, -0.2) is 0 Å². The zero-order valence-corrected chi connectivity index (χ0v) is 18.0. The molecule has 0 saturated carbocycles. The highest BCUT2D eigenvalue weighted by Crippen LogP contribution is 2.24. The first-order valence-corrected chi connectivity index (χ1v) is 11.2. The van der Waals surface area contributed by atoms with E-state index in [0.29, 0.717) is 22.3 Å². The van der Waals surface area contributed by atoms with Crippen LogP contribution in [0.2, 0.25) is 10.0 Å². The molecule has 1 aliphatic heterocycles. The van der Waals surface area contributed by atoms with Gasteiger partial charge in [0.15, 0.2) is 0 Å². The van der Waals surface area contributed by atoms with Crippen LogP contribution in [0.4, 0.5) is 0 Å². The summed E-state index contributed by atoms with van der Waals surface area (Å²) in [7, 11) is 0. The van der Waals surface area contributed by atoms with Crippen molar-refractivity contribution < 1.29 is 9.53 Å². The summed E-state index contributed by atoms with van der Waals surface area (Å²) in [4.78, 5) is 14.5. The maximum absolute atomic E-state index is 12.1. The van der Waals surface area contributed by atoms with Gasteiger partial charge in [-0.15, -0.1) is 11.8 Å². The van der Waals surface area contributed by atoms with Crippen LogP contribution < -0.4 is 5.32 Å². The molecule has 150 valence electrons. The van der Waals surface area contributed by atoms with Gasteiger partial charge < -0.3 is 10.1 Å². The van der Waals surface area contributed by atoms with Crippen molar-refractivity contribution in [2.75, 3.05) is 32.1 Å². The molecule has 2 aromatic carbocycles. The smallest absolute Gasteiger partial charge is 0.230 e. The lowest BCUT2D eigenvalue weighted by molar-refractivity contribution is -0.118. The number of nitrogens with one attached hydrogen (secondary N) is 1. The molecule has 28 heavy (non-hydrogen) atoms.